The number of ether oxygens (including phenoxy) is 1. The lowest BCUT2D eigenvalue weighted by molar-refractivity contribution is 0.0984. The lowest BCUT2D eigenvalue weighted by Crippen LogP contribution is -2.09. The molecule has 2 aromatic carbocycles. The van der Waals surface area contributed by atoms with E-state index in [9.17, 15) is 13.6 Å². The molecule has 0 aliphatic heterocycles. The standard InChI is InChI=1S/C29H28F2N2O2/c1-18(2)29-28(27(34)13-9-20-8-12-24(30)25(31)15-20)23-11-10-22(35-19(3)4)16-26(23)33(29)17-21-7-5-6-14-32-21/h5-8,10-12,14-16,19H,1,9,13,17H2,2-4H3/i3D3,4D3,19D. The highest BCUT2D eigenvalue weighted by atomic mass is 19.2. The molecule has 0 fully saturated rings. The molecular formula is C29H28F2N2O2. The van der Waals surface area contributed by atoms with E-state index in [4.69, 9.17) is 14.3 Å². The van der Waals surface area contributed by atoms with E-state index >= 15 is 0 Å². The van der Waals surface area contributed by atoms with Gasteiger partial charge in [0, 0.05) is 32.3 Å². The average Bonchev–Trinajstić information content (AvgIpc) is 3.22. The number of benzene rings is 2. The third kappa shape index (κ3) is 5.32. The zero-order valence-electron chi connectivity index (χ0n) is 26.1. The molecule has 4 aromatic rings. The number of Topliss-reactive ketones (excluding diaryl/α,β-unsaturated/α-hetero) is 1. The second-order valence-electron chi connectivity index (χ2n) is 8.19. The van der Waals surface area contributed by atoms with Gasteiger partial charge in [0.1, 0.15) is 5.75 Å². The van der Waals surface area contributed by atoms with Gasteiger partial charge in [-0.1, -0.05) is 18.7 Å². The van der Waals surface area contributed by atoms with Gasteiger partial charge in [0.15, 0.2) is 17.4 Å². The fourth-order valence-corrected chi connectivity index (χ4v) is 4.13. The second kappa shape index (κ2) is 10.2. The fourth-order valence-electron chi connectivity index (χ4n) is 4.13. The molecule has 0 unspecified atom stereocenters. The molecule has 35 heavy (non-hydrogen) atoms. The summed E-state index contributed by atoms with van der Waals surface area (Å²) >= 11 is 0. The van der Waals surface area contributed by atoms with Crippen LogP contribution in [0.4, 0.5) is 8.78 Å². The quantitative estimate of drug-likeness (QED) is 0.242. The number of hydrogen-bond acceptors (Lipinski definition) is 3. The lowest BCUT2D eigenvalue weighted by Gasteiger charge is -2.13. The largest absolute Gasteiger partial charge is 0.491 e. The van der Waals surface area contributed by atoms with Crippen LogP contribution in [-0.2, 0) is 13.0 Å². The van der Waals surface area contributed by atoms with Crippen LogP contribution in [0.5, 0.6) is 5.75 Å². The topological polar surface area (TPSA) is 44.1 Å². The van der Waals surface area contributed by atoms with Crippen molar-refractivity contribution in [3.05, 3.63) is 102 Å². The van der Waals surface area contributed by atoms with Crippen LogP contribution in [0.25, 0.3) is 16.5 Å². The number of aryl methyl sites for hydroxylation is 1. The predicted octanol–water partition coefficient (Wildman–Crippen LogP) is 7.00. The van der Waals surface area contributed by atoms with Crippen LogP contribution >= 0.6 is 0 Å². The molecule has 6 heteroatoms. The Morgan fingerprint density at radius 2 is 2.00 bits per heavy atom. The smallest absolute Gasteiger partial charge is 0.165 e. The third-order valence-corrected chi connectivity index (χ3v) is 5.61. The maximum absolute atomic E-state index is 13.7. The second-order valence-corrected chi connectivity index (χ2v) is 8.19. The summed E-state index contributed by atoms with van der Waals surface area (Å²) in [5.41, 5.74) is 2.75. The van der Waals surface area contributed by atoms with E-state index in [1.807, 2.05) is 0 Å². The van der Waals surface area contributed by atoms with Crippen molar-refractivity contribution in [1.82, 2.24) is 9.55 Å². The Kier molecular flexibility index (Phi) is 4.89. The lowest BCUT2D eigenvalue weighted by atomic mass is 9.98. The Labute approximate surface area is 213 Å². The first-order valence-corrected chi connectivity index (χ1v) is 10.9. The summed E-state index contributed by atoms with van der Waals surface area (Å²) in [7, 11) is 0. The number of pyridine rings is 1. The average molecular weight is 482 g/mol. The van der Waals surface area contributed by atoms with Crippen molar-refractivity contribution < 1.29 is 27.9 Å². The van der Waals surface area contributed by atoms with Gasteiger partial charge < -0.3 is 9.30 Å². The number of fused-ring (bicyclic) bond motifs is 1. The molecule has 2 heterocycles. The van der Waals surface area contributed by atoms with Gasteiger partial charge in [-0.25, -0.2) is 8.78 Å². The summed E-state index contributed by atoms with van der Waals surface area (Å²) in [5.74, 6) is -2.50. The van der Waals surface area contributed by atoms with E-state index in [1.54, 1.807) is 35.9 Å². The highest BCUT2D eigenvalue weighted by Crippen LogP contribution is 2.35. The molecule has 4 rings (SSSR count). The number of carbonyl (C=O) groups is 1. The summed E-state index contributed by atoms with van der Waals surface area (Å²) in [5, 5.41) is 0.449. The number of hydrogen-bond donors (Lipinski definition) is 0. The number of aromatic nitrogens is 2. The van der Waals surface area contributed by atoms with Crippen LogP contribution in [0.1, 0.15) is 64.0 Å². The predicted molar refractivity (Wildman–Crippen MR) is 135 cm³/mol. The van der Waals surface area contributed by atoms with Crippen molar-refractivity contribution in [3.63, 3.8) is 0 Å². The molecule has 0 bridgehead atoms. The molecule has 0 atom stereocenters. The molecule has 0 aliphatic rings. The molecule has 0 radical (unpaired) electrons. The number of halogens is 2. The molecule has 0 aliphatic carbocycles. The summed E-state index contributed by atoms with van der Waals surface area (Å²) in [6.45, 7) is -0.684. The summed E-state index contributed by atoms with van der Waals surface area (Å²) in [6, 6.07) is 12.9. The summed E-state index contributed by atoms with van der Waals surface area (Å²) in [6.07, 6.45) is -1.56. The van der Waals surface area contributed by atoms with Crippen LogP contribution in [0.3, 0.4) is 0 Å². The summed E-state index contributed by atoms with van der Waals surface area (Å²) in [4.78, 5) is 18.1. The van der Waals surface area contributed by atoms with Gasteiger partial charge in [-0.15, -0.1) is 0 Å². The molecular weight excluding hydrogens is 446 g/mol. The Morgan fingerprint density at radius 1 is 1.17 bits per heavy atom. The maximum atomic E-state index is 13.7. The minimum Gasteiger partial charge on any atom is -0.491 e. The van der Waals surface area contributed by atoms with Gasteiger partial charge >= 0.3 is 0 Å². The normalized spacial score (nSPS) is 15.2. The third-order valence-electron chi connectivity index (χ3n) is 5.61. The van der Waals surface area contributed by atoms with Crippen molar-refractivity contribution in [3.8, 4) is 5.75 Å². The van der Waals surface area contributed by atoms with E-state index in [0.717, 1.165) is 12.1 Å². The van der Waals surface area contributed by atoms with Crippen LogP contribution < -0.4 is 4.74 Å². The van der Waals surface area contributed by atoms with Crippen molar-refractivity contribution >= 4 is 22.3 Å². The van der Waals surface area contributed by atoms with Crippen LogP contribution in [0.2, 0.25) is 0 Å². The Balaban J connectivity index is 1.85. The van der Waals surface area contributed by atoms with Gasteiger partial charge in [0.25, 0.3) is 0 Å². The first-order chi connectivity index (χ1) is 19.5. The first-order valence-electron chi connectivity index (χ1n) is 14.4. The van der Waals surface area contributed by atoms with Crippen LogP contribution in [0.15, 0.2) is 67.4 Å². The number of rotatable bonds is 9. The van der Waals surface area contributed by atoms with Gasteiger partial charge in [-0.3, -0.25) is 9.78 Å². The van der Waals surface area contributed by atoms with E-state index in [1.165, 1.54) is 24.3 Å². The Morgan fingerprint density at radius 3 is 2.69 bits per heavy atom. The highest BCUT2D eigenvalue weighted by molar-refractivity contribution is 6.12. The van der Waals surface area contributed by atoms with Gasteiger partial charge in [0.05, 0.1) is 36.5 Å². The first kappa shape index (κ1) is 16.8. The molecule has 4 nitrogen and oxygen atoms in total. The van der Waals surface area contributed by atoms with E-state index in [0.29, 0.717) is 39.0 Å². The number of ketones is 1. The molecule has 0 N–H and O–H groups in total. The minimum absolute atomic E-state index is 0.0414. The molecule has 2 aromatic heterocycles. The maximum Gasteiger partial charge on any atom is 0.165 e. The van der Waals surface area contributed by atoms with Crippen molar-refractivity contribution in [1.29, 1.82) is 0 Å². The minimum atomic E-state index is -3.31. The number of allylic oxidation sites excluding steroid dienone is 1. The fraction of sp³-hybridized carbons (Fsp3) is 0.241. The van der Waals surface area contributed by atoms with Gasteiger partial charge in [-0.2, -0.15) is 0 Å². The highest BCUT2D eigenvalue weighted by Gasteiger charge is 2.24. The number of nitrogens with zero attached hydrogens (tertiary/aromatic N) is 2. The molecule has 0 amide bonds. The van der Waals surface area contributed by atoms with E-state index in [-0.39, 0.29) is 30.9 Å². The monoisotopic (exact) mass is 481 g/mol. The number of carbonyl (C=O) groups excluding carboxylic acids is 1. The zero-order chi connectivity index (χ0) is 31.0. The van der Waals surface area contributed by atoms with E-state index < -0.39 is 31.4 Å². The molecule has 0 saturated carbocycles. The molecule has 0 spiro atoms. The Bertz CT molecular complexity index is 1630. The van der Waals surface area contributed by atoms with Crippen molar-refractivity contribution in [2.24, 2.45) is 0 Å². The van der Waals surface area contributed by atoms with Crippen LogP contribution in [0, 0.1) is 11.6 Å². The van der Waals surface area contributed by atoms with E-state index in [2.05, 4.69) is 11.6 Å². The molecule has 0 saturated heterocycles. The van der Waals surface area contributed by atoms with Crippen molar-refractivity contribution in [2.45, 2.75) is 46.1 Å². The molecule has 180 valence electrons. The van der Waals surface area contributed by atoms with Gasteiger partial charge in [-0.05, 0) is 74.6 Å². The summed E-state index contributed by atoms with van der Waals surface area (Å²) < 4.78 is 88.6. The van der Waals surface area contributed by atoms with Crippen molar-refractivity contribution in [2.75, 3.05) is 0 Å². The van der Waals surface area contributed by atoms with Gasteiger partial charge in [0.2, 0.25) is 0 Å². The van der Waals surface area contributed by atoms with Crippen LogP contribution in [-0.4, -0.2) is 21.4 Å². The SMILES string of the molecule is [2H]C([2H])([2H])C([2H])(Oc1ccc2c(C(=O)CCc3ccc(F)c(F)c3)c(C(=C)C)n(Cc3ccccn3)c2c1)C([2H])([2H])[2H]. The zero-order valence-corrected chi connectivity index (χ0v) is 19.1. The Hall–Kier alpha value is -3.80.